The molecule has 0 aliphatic carbocycles. The van der Waals surface area contributed by atoms with E-state index in [1.807, 2.05) is 11.8 Å². The van der Waals surface area contributed by atoms with Gasteiger partial charge in [0, 0.05) is 30.9 Å². The largest absolute Gasteiger partial charge is 0.374 e. The van der Waals surface area contributed by atoms with Crippen molar-refractivity contribution < 1.29 is 9.72 Å². The topological polar surface area (TPSA) is 75.5 Å². The molecule has 108 valence electrons. The van der Waals surface area contributed by atoms with E-state index in [1.54, 1.807) is 13.0 Å². The summed E-state index contributed by atoms with van der Waals surface area (Å²) in [6.07, 6.45) is 2.13. The van der Waals surface area contributed by atoms with Gasteiger partial charge in [-0.25, -0.2) is 0 Å². The molecule has 1 unspecified atom stereocenters. The number of non-ortho nitro benzene ring substituents is 1. The SMILES string of the molecule is Cc1cc([N+](=O)[O-])ccc1NC(C)C(=O)N1CCCC1. The highest BCUT2D eigenvalue weighted by Crippen LogP contribution is 2.22. The van der Waals surface area contributed by atoms with E-state index in [4.69, 9.17) is 0 Å². The monoisotopic (exact) mass is 277 g/mol. The Kier molecular flexibility index (Phi) is 4.22. The van der Waals surface area contributed by atoms with Crippen LogP contribution in [0.1, 0.15) is 25.3 Å². The first-order chi connectivity index (χ1) is 9.49. The zero-order chi connectivity index (χ0) is 14.7. The van der Waals surface area contributed by atoms with Gasteiger partial charge in [0.15, 0.2) is 0 Å². The van der Waals surface area contributed by atoms with Crippen LogP contribution in [-0.2, 0) is 4.79 Å². The molecule has 0 radical (unpaired) electrons. The van der Waals surface area contributed by atoms with Crippen LogP contribution in [-0.4, -0.2) is 34.9 Å². The predicted octanol–water partition coefficient (Wildman–Crippen LogP) is 2.33. The Labute approximate surface area is 117 Å². The molecule has 1 N–H and O–H groups in total. The van der Waals surface area contributed by atoms with Gasteiger partial charge in [0.1, 0.15) is 6.04 Å². The van der Waals surface area contributed by atoms with Crippen molar-refractivity contribution >= 4 is 17.3 Å². The van der Waals surface area contributed by atoms with Gasteiger partial charge in [-0.2, -0.15) is 0 Å². The average molecular weight is 277 g/mol. The maximum absolute atomic E-state index is 12.2. The molecule has 1 heterocycles. The molecule has 1 fully saturated rings. The number of aryl methyl sites for hydroxylation is 1. The minimum atomic E-state index is -0.421. The predicted molar refractivity (Wildman–Crippen MR) is 76.7 cm³/mol. The van der Waals surface area contributed by atoms with Gasteiger partial charge in [-0.15, -0.1) is 0 Å². The van der Waals surface area contributed by atoms with Gasteiger partial charge in [0.25, 0.3) is 5.69 Å². The van der Waals surface area contributed by atoms with Gasteiger partial charge in [-0.1, -0.05) is 0 Å². The molecular weight excluding hydrogens is 258 g/mol. The third-order valence-electron chi connectivity index (χ3n) is 3.58. The van der Waals surface area contributed by atoms with Gasteiger partial charge in [0.05, 0.1) is 4.92 Å². The minimum Gasteiger partial charge on any atom is -0.374 e. The molecule has 1 saturated heterocycles. The number of rotatable bonds is 4. The summed E-state index contributed by atoms with van der Waals surface area (Å²) in [7, 11) is 0. The summed E-state index contributed by atoms with van der Waals surface area (Å²) >= 11 is 0. The Morgan fingerprint density at radius 3 is 2.60 bits per heavy atom. The van der Waals surface area contributed by atoms with Gasteiger partial charge in [-0.3, -0.25) is 14.9 Å². The summed E-state index contributed by atoms with van der Waals surface area (Å²) in [5.41, 5.74) is 1.59. The molecule has 1 aliphatic rings. The van der Waals surface area contributed by atoms with Crippen molar-refractivity contribution in [3.63, 3.8) is 0 Å². The number of amides is 1. The molecule has 1 amide bonds. The zero-order valence-electron chi connectivity index (χ0n) is 11.8. The Morgan fingerprint density at radius 2 is 2.05 bits per heavy atom. The molecule has 0 spiro atoms. The lowest BCUT2D eigenvalue weighted by molar-refractivity contribution is -0.384. The fourth-order valence-electron chi connectivity index (χ4n) is 2.43. The number of hydrogen-bond acceptors (Lipinski definition) is 4. The van der Waals surface area contributed by atoms with E-state index in [2.05, 4.69) is 5.32 Å². The first kappa shape index (κ1) is 14.3. The third-order valence-corrected chi connectivity index (χ3v) is 3.58. The second-order valence-electron chi connectivity index (χ2n) is 5.15. The molecule has 1 atom stereocenters. The van der Waals surface area contributed by atoms with E-state index < -0.39 is 4.92 Å². The van der Waals surface area contributed by atoms with Crippen molar-refractivity contribution in [1.82, 2.24) is 4.90 Å². The van der Waals surface area contributed by atoms with Crippen LogP contribution < -0.4 is 5.32 Å². The molecule has 0 bridgehead atoms. The molecule has 20 heavy (non-hydrogen) atoms. The molecule has 0 saturated carbocycles. The number of hydrogen-bond donors (Lipinski definition) is 1. The molecule has 6 nitrogen and oxygen atoms in total. The first-order valence-electron chi connectivity index (χ1n) is 6.79. The van der Waals surface area contributed by atoms with Gasteiger partial charge in [0.2, 0.25) is 5.91 Å². The lowest BCUT2D eigenvalue weighted by atomic mass is 10.1. The molecule has 2 rings (SSSR count). The summed E-state index contributed by atoms with van der Waals surface area (Å²) in [5, 5.41) is 13.8. The number of nitro benzene ring substituents is 1. The molecule has 1 aliphatic heterocycles. The van der Waals surface area contributed by atoms with E-state index >= 15 is 0 Å². The van der Waals surface area contributed by atoms with Crippen LogP contribution in [0.3, 0.4) is 0 Å². The van der Waals surface area contributed by atoms with Gasteiger partial charge in [-0.05, 0) is 38.3 Å². The number of carbonyl (C=O) groups is 1. The van der Waals surface area contributed by atoms with Gasteiger partial charge >= 0.3 is 0 Å². The Hall–Kier alpha value is -2.11. The van der Waals surface area contributed by atoms with Crippen molar-refractivity contribution in [2.75, 3.05) is 18.4 Å². The van der Waals surface area contributed by atoms with E-state index in [-0.39, 0.29) is 17.6 Å². The average Bonchev–Trinajstić information content (AvgIpc) is 2.93. The van der Waals surface area contributed by atoms with Crippen LogP contribution in [0.4, 0.5) is 11.4 Å². The van der Waals surface area contributed by atoms with Crippen LogP contribution in [0, 0.1) is 17.0 Å². The number of nitro groups is 1. The fraction of sp³-hybridized carbons (Fsp3) is 0.500. The number of nitrogens with zero attached hydrogens (tertiary/aromatic N) is 2. The molecule has 6 heteroatoms. The highest BCUT2D eigenvalue weighted by atomic mass is 16.6. The zero-order valence-corrected chi connectivity index (χ0v) is 11.8. The summed E-state index contributed by atoms with van der Waals surface area (Å²) in [6.45, 7) is 5.26. The Bertz CT molecular complexity index is 524. The maximum Gasteiger partial charge on any atom is 0.269 e. The summed E-state index contributed by atoms with van der Waals surface area (Å²) < 4.78 is 0. The van der Waals surface area contributed by atoms with Crippen molar-refractivity contribution in [3.8, 4) is 0 Å². The standard InChI is InChI=1S/C14H19N3O3/c1-10-9-12(17(19)20)5-6-13(10)15-11(2)14(18)16-7-3-4-8-16/h5-6,9,11,15H,3-4,7-8H2,1-2H3. The fourth-order valence-corrected chi connectivity index (χ4v) is 2.43. The van der Waals surface area contributed by atoms with Crippen LogP contribution in [0.25, 0.3) is 0 Å². The summed E-state index contributed by atoms with van der Waals surface area (Å²) in [4.78, 5) is 24.3. The number of nitrogens with one attached hydrogen (secondary N) is 1. The van der Waals surface area contributed by atoms with Gasteiger partial charge < -0.3 is 10.2 Å². The summed E-state index contributed by atoms with van der Waals surface area (Å²) in [6, 6.07) is 4.28. The van der Waals surface area contributed by atoms with Crippen LogP contribution in [0.2, 0.25) is 0 Å². The smallest absolute Gasteiger partial charge is 0.269 e. The number of benzene rings is 1. The highest BCUT2D eigenvalue weighted by Gasteiger charge is 2.23. The second-order valence-corrected chi connectivity index (χ2v) is 5.15. The molecular formula is C14H19N3O3. The lowest BCUT2D eigenvalue weighted by Crippen LogP contribution is -2.39. The molecule has 0 aromatic heterocycles. The maximum atomic E-state index is 12.2. The van der Waals surface area contributed by atoms with E-state index in [0.29, 0.717) is 0 Å². The lowest BCUT2D eigenvalue weighted by Gasteiger charge is -2.22. The first-order valence-corrected chi connectivity index (χ1v) is 6.79. The van der Waals surface area contributed by atoms with Crippen molar-refractivity contribution in [2.24, 2.45) is 0 Å². The number of carbonyl (C=O) groups excluding carboxylic acids is 1. The second kappa shape index (κ2) is 5.90. The van der Waals surface area contributed by atoms with E-state index in [9.17, 15) is 14.9 Å². The summed E-state index contributed by atoms with van der Waals surface area (Å²) in [5.74, 6) is 0.0836. The quantitative estimate of drug-likeness (QED) is 0.677. The van der Waals surface area contributed by atoms with Crippen LogP contribution >= 0.6 is 0 Å². The van der Waals surface area contributed by atoms with E-state index in [0.717, 1.165) is 37.2 Å². The normalized spacial score (nSPS) is 16.0. The van der Waals surface area contributed by atoms with Crippen LogP contribution in [0.5, 0.6) is 0 Å². The number of likely N-dealkylation sites (tertiary alicyclic amines) is 1. The van der Waals surface area contributed by atoms with Crippen molar-refractivity contribution in [1.29, 1.82) is 0 Å². The molecule has 1 aromatic carbocycles. The highest BCUT2D eigenvalue weighted by molar-refractivity contribution is 5.84. The molecule has 1 aromatic rings. The van der Waals surface area contributed by atoms with Crippen molar-refractivity contribution in [2.45, 2.75) is 32.7 Å². The minimum absolute atomic E-state index is 0.0616. The number of anilines is 1. The van der Waals surface area contributed by atoms with Crippen LogP contribution in [0.15, 0.2) is 18.2 Å². The third kappa shape index (κ3) is 3.07. The Balaban J connectivity index is 2.05. The van der Waals surface area contributed by atoms with E-state index in [1.165, 1.54) is 12.1 Å². The Morgan fingerprint density at radius 1 is 1.40 bits per heavy atom. The van der Waals surface area contributed by atoms with Crippen molar-refractivity contribution in [3.05, 3.63) is 33.9 Å².